The van der Waals surface area contributed by atoms with Crippen LogP contribution in [-0.4, -0.2) is 38.9 Å². The van der Waals surface area contributed by atoms with Crippen molar-refractivity contribution in [1.82, 2.24) is 10.2 Å². The van der Waals surface area contributed by atoms with Gasteiger partial charge in [-0.2, -0.15) is 0 Å². The van der Waals surface area contributed by atoms with Crippen molar-refractivity contribution in [2.24, 2.45) is 0 Å². The second kappa shape index (κ2) is 7.12. The molecule has 1 aliphatic heterocycles. The molecule has 5 heteroatoms. The SMILES string of the molecule is CN(C)CCCCNCc1cc(Br)c2c(c1)OCO2. The Morgan fingerprint density at radius 3 is 2.89 bits per heavy atom. The number of hydrogen-bond donors (Lipinski definition) is 1. The van der Waals surface area contributed by atoms with E-state index in [1.807, 2.05) is 6.07 Å². The summed E-state index contributed by atoms with van der Waals surface area (Å²) in [5, 5.41) is 3.46. The molecule has 0 radical (unpaired) electrons. The van der Waals surface area contributed by atoms with Crippen LogP contribution in [-0.2, 0) is 6.54 Å². The minimum atomic E-state index is 0.315. The van der Waals surface area contributed by atoms with Crippen molar-refractivity contribution in [3.8, 4) is 11.5 Å². The summed E-state index contributed by atoms with van der Waals surface area (Å²) in [6.07, 6.45) is 2.43. The number of rotatable bonds is 7. The van der Waals surface area contributed by atoms with Crippen LogP contribution in [0.3, 0.4) is 0 Å². The van der Waals surface area contributed by atoms with Crippen LogP contribution in [0.1, 0.15) is 18.4 Å². The summed E-state index contributed by atoms with van der Waals surface area (Å²) in [5.41, 5.74) is 1.21. The summed E-state index contributed by atoms with van der Waals surface area (Å²) in [7, 11) is 4.22. The molecule has 2 rings (SSSR count). The number of unbranched alkanes of at least 4 members (excludes halogenated alkanes) is 1. The number of ether oxygens (including phenoxy) is 2. The highest BCUT2D eigenvalue weighted by Crippen LogP contribution is 2.39. The molecule has 19 heavy (non-hydrogen) atoms. The fourth-order valence-corrected chi connectivity index (χ4v) is 2.64. The first kappa shape index (κ1) is 14.6. The minimum absolute atomic E-state index is 0.315. The van der Waals surface area contributed by atoms with Gasteiger partial charge in [-0.25, -0.2) is 0 Å². The zero-order valence-electron chi connectivity index (χ0n) is 11.5. The first-order valence-electron chi connectivity index (χ1n) is 6.60. The largest absolute Gasteiger partial charge is 0.454 e. The van der Waals surface area contributed by atoms with Crippen LogP contribution in [0.5, 0.6) is 11.5 Å². The average molecular weight is 329 g/mol. The lowest BCUT2D eigenvalue weighted by Crippen LogP contribution is -2.18. The number of hydrogen-bond acceptors (Lipinski definition) is 4. The summed E-state index contributed by atoms with van der Waals surface area (Å²) in [5.74, 6) is 1.65. The summed E-state index contributed by atoms with van der Waals surface area (Å²) in [4.78, 5) is 2.22. The van der Waals surface area contributed by atoms with Crippen LogP contribution in [0.2, 0.25) is 0 Å². The third-order valence-electron chi connectivity index (χ3n) is 3.03. The molecule has 0 aromatic heterocycles. The van der Waals surface area contributed by atoms with Crippen LogP contribution in [0.25, 0.3) is 0 Å². The number of nitrogens with zero attached hydrogens (tertiary/aromatic N) is 1. The van der Waals surface area contributed by atoms with Crippen molar-refractivity contribution in [3.63, 3.8) is 0 Å². The van der Waals surface area contributed by atoms with Crippen molar-refractivity contribution in [2.75, 3.05) is 34.0 Å². The van der Waals surface area contributed by atoms with Gasteiger partial charge < -0.3 is 19.7 Å². The lowest BCUT2D eigenvalue weighted by Gasteiger charge is -2.10. The molecule has 4 nitrogen and oxygen atoms in total. The Labute approximate surface area is 123 Å². The van der Waals surface area contributed by atoms with E-state index in [-0.39, 0.29) is 0 Å². The minimum Gasteiger partial charge on any atom is -0.454 e. The molecule has 0 spiro atoms. The molecule has 0 unspecified atom stereocenters. The van der Waals surface area contributed by atoms with E-state index >= 15 is 0 Å². The second-order valence-electron chi connectivity index (χ2n) is 5.00. The lowest BCUT2D eigenvalue weighted by atomic mass is 10.2. The van der Waals surface area contributed by atoms with Crippen molar-refractivity contribution >= 4 is 15.9 Å². The number of benzene rings is 1. The van der Waals surface area contributed by atoms with Crippen LogP contribution in [0.15, 0.2) is 16.6 Å². The van der Waals surface area contributed by atoms with Gasteiger partial charge in [0.25, 0.3) is 0 Å². The van der Waals surface area contributed by atoms with Crippen LogP contribution >= 0.6 is 15.9 Å². The van der Waals surface area contributed by atoms with Gasteiger partial charge in [0.05, 0.1) is 4.47 Å². The maximum atomic E-state index is 5.41. The monoisotopic (exact) mass is 328 g/mol. The van der Waals surface area contributed by atoms with Crippen LogP contribution in [0, 0.1) is 0 Å². The zero-order chi connectivity index (χ0) is 13.7. The van der Waals surface area contributed by atoms with Gasteiger partial charge in [-0.3, -0.25) is 0 Å². The van der Waals surface area contributed by atoms with Crippen molar-refractivity contribution in [1.29, 1.82) is 0 Å². The van der Waals surface area contributed by atoms with Crippen molar-refractivity contribution < 1.29 is 9.47 Å². The highest BCUT2D eigenvalue weighted by molar-refractivity contribution is 9.10. The van der Waals surface area contributed by atoms with Gasteiger partial charge in [0.15, 0.2) is 11.5 Å². The Kier molecular flexibility index (Phi) is 5.48. The Morgan fingerprint density at radius 1 is 1.26 bits per heavy atom. The predicted octanol–water partition coefficient (Wildman–Crippen LogP) is 2.61. The standard InChI is InChI=1S/C14H21BrN2O2/c1-17(2)6-4-3-5-16-9-11-7-12(15)14-13(8-11)18-10-19-14/h7-8,16H,3-6,9-10H2,1-2H3. The smallest absolute Gasteiger partial charge is 0.231 e. The van der Waals surface area contributed by atoms with Crippen molar-refractivity contribution in [3.05, 3.63) is 22.2 Å². The zero-order valence-corrected chi connectivity index (χ0v) is 13.1. The molecule has 1 N–H and O–H groups in total. The Morgan fingerprint density at radius 2 is 2.11 bits per heavy atom. The third-order valence-corrected chi connectivity index (χ3v) is 3.61. The summed E-state index contributed by atoms with van der Waals surface area (Å²) in [6, 6.07) is 4.13. The van der Waals surface area contributed by atoms with E-state index in [0.717, 1.165) is 35.6 Å². The third kappa shape index (κ3) is 4.37. The molecule has 1 aromatic rings. The second-order valence-corrected chi connectivity index (χ2v) is 5.85. The number of nitrogens with one attached hydrogen (secondary N) is 1. The fraction of sp³-hybridized carbons (Fsp3) is 0.571. The molecule has 0 atom stereocenters. The fourth-order valence-electron chi connectivity index (χ4n) is 2.03. The van der Waals surface area contributed by atoms with E-state index in [2.05, 4.69) is 46.3 Å². The first-order valence-corrected chi connectivity index (χ1v) is 7.39. The number of fused-ring (bicyclic) bond motifs is 1. The van der Waals surface area contributed by atoms with E-state index in [4.69, 9.17) is 9.47 Å². The highest BCUT2D eigenvalue weighted by Gasteiger charge is 2.17. The van der Waals surface area contributed by atoms with Crippen LogP contribution in [0.4, 0.5) is 0 Å². The van der Waals surface area contributed by atoms with Gasteiger partial charge >= 0.3 is 0 Å². The first-order chi connectivity index (χ1) is 9.16. The van der Waals surface area contributed by atoms with E-state index < -0.39 is 0 Å². The van der Waals surface area contributed by atoms with Gasteiger partial charge in [0.2, 0.25) is 6.79 Å². The van der Waals surface area contributed by atoms with E-state index in [0.29, 0.717) is 6.79 Å². The molecule has 1 aromatic carbocycles. The van der Waals surface area contributed by atoms with Gasteiger partial charge in [-0.15, -0.1) is 0 Å². The maximum Gasteiger partial charge on any atom is 0.231 e. The molecule has 0 saturated carbocycles. The molecular weight excluding hydrogens is 308 g/mol. The average Bonchev–Trinajstić information content (AvgIpc) is 2.82. The Balaban J connectivity index is 1.73. The normalized spacial score (nSPS) is 13.3. The molecule has 0 saturated heterocycles. The molecular formula is C14H21BrN2O2. The quantitative estimate of drug-likeness (QED) is 0.780. The predicted molar refractivity (Wildman–Crippen MR) is 79.8 cm³/mol. The topological polar surface area (TPSA) is 33.7 Å². The Bertz CT molecular complexity index is 424. The lowest BCUT2D eigenvalue weighted by molar-refractivity contribution is 0.173. The van der Waals surface area contributed by atoms with Gasteiger partial charge in [0, 0.05) is 6.54 Å². The van der Waals surface area contributed by atoms with E-state index in [9.17, 15) is 0 Å². The van der Waals surface area contributed by atoms with Crippen molar-refractivity contribution in [2.45, 2.75) is 19.4 Å². The van der Waals surface area contributed by atoms with E-state index in [1.165, 1.54) is 18.4 Å². The summed E-state index contributed by atoms with van der Waals surface area (Å²) >= 11 is 3.51. The molecule has 0 bridgehead atoms. The molecule has 1 heterocycles. The summed E-state index contributed by atoms with van der Waals surface area (Å²) < 4.78 is 11.7. The molecule has 0 amide bonds. The molecule has 0 fully saturated rings. The summed E-state index contributed by atoms with van der Waals surface area (Å²) in [6.45, 7) is 3.36. The van der Waals surface area contributed by atoms with Gasteiger partial charge in [-0.05, 0) is 73.7 Å². The highest BCUT2D eigenvalue weighted by atomic mass is 79.9. The van der Waals surface area contributed by atoms with Crippen LogP contribution < -0.4 is 14.8 Å². The Hall–Kier alpha value is -0.780. The number of halogens is 1. The van der Waals surface area contributed by atoms with E-state index in [1.54, 1.807) is 0 Å². The van der Waals surface area contributed by atoms with Gasteiger partial charge in [-0.1, -0.05) is 0 Å². The molecule has 1 aliphatic rings. The maximum absolute atomic E-state index is 5.41. The molecule has 106 valence electrons. The van der Waals surface area contributed by atoms with Gasteiger partial charge in [0.1, 0.15) is 0 Å². The molecule has 0 aliphatic carbocycles.